The number of carbonyl (C=O) groups is 1. The summed E-state index contributed by atoms with van der Waals surface area (Å²) in [5, 5.41) is 5.80. The summed E-state index contributed by atoms with van der Waals surface area (Å²) in [5.74, 6) is -0.222. The van der Waals surface area contributed by atoms with E-state index >= 15 is 0 Å². The molecule has 7 nitrogen and oxygen atoms in total. The number of thiazole rings is 1. The van der Waals surface area contributed by atoms with Crippen LogP contribution in [0.5, 0.6) is 0 Å². The van der Waals surface area contributed by atoms with Crippen LogP contribution in [-0.4, -0.2) is 45.0 Å². The maximum atomic E-state index is 13.5. The van der Waals surface area contributed by atoms with Crippen molar-refractivity contribution in [3.05, 3.63) is 52.1 Å². The molecule has 3 heterocycles. The zero-order valence-electron chi connectivity index (χ0n) is 21.4. The summed E-state index contributed by atoms with van der Waals surface area (Å²) in [5.41, 5.74) is 2.73. The lowest BCUT2D eigenvalue weighted by Crippen LogP contribution is -2.49. The third-order valence-electron chi connectivity index (χ3n) is 7.34. The summed E-state index contributed by atoms with van der Waals surface area (Å²) >= 11 is 2.68. The minimum Gasteiger partial charge on any atom is -0.369 e. The Labute approximate surface area is 231 Å². The number of hydrogen-bond acceptors (Lipinski definition) is 7. The van der Waals surface area contributed by atoms with E-state index in [1.54, 1.807) is 24.3 Å². The maximum absolute atomic E-state index is 13.5. The van der Waals surface area contributed by atoms with Gasteiger partial charge in [-0.2, -0.15) is 4.72 Å². The summed E-state index contributed by atoms with van der Waals surface area (Å²) in [6, 6.07) is 7.31. The molecule has 1 atom stereocenters. The van der Waals surface area contributed by atoms with Crippen molar-refractivity contribution in [3.63, 3.8) is 0 Å². The lowest BCUT2D eigenvalue weighted by atomic mass is 9.85. The molecule has 1 fully saturated rings. The van der Waals surface area contributed by atoms with E-state index in [0.29, 0.717) is 25.4 Å². The number of thiophene rings is 1. The van der Waals surface area contributed by atoms with Gasteiger partial charge in [0.2, 0.25) is 5.91 Å². The van der Waals surface area contributed by atoms with Gasteiger partial charge in [0.05, 0.1) is 15.6 Å². The van der Waals surface area contributed by atoms with E-state index in [1.165, 1.54) is 23.8 Å². The average molecular weight is 577 g/mol. The highest BCUT2D eigenvalue weighted by molar-refractivity contribution is 7.91. The molecule has 5 rings (SSSR count). The van der Waals surface area contributed by atoms with E-state index in [0.717, 1.165) is 76.8 Å². The van der Waals surface area contributed by atoms with Gasteiger partial charge in [0.25, 0.3) is 10.0 Å². The largest absolute Gasteiger partial charge is 0.369 e. The Morgan fingerprint density at radius 3 is 2.79 bits per heavy atom. The van der Waals surface area contributed by atoms with Crippen molar-refractivity contribution in [2.45, 2.75) is 62.1 Å². The smallest absolute Gasteiger partial charge is 0.250 e. The summed E-state index contributed by atoms with van der Waals surface area (Å²) < 4.78 is 43.1. The van der Waals surface area contributed by atoms with Gasteiger partial charge in [0, 0.05) is 30.7 Å². The van der Waals surface area contributed by atoms with Crippen molar-refractivity contribution in [1.82, 2.24) is 15.0 Å². The monoisotopic (exact) mass is 576 g/mol. The van der Waals surface area contributed by atoms with E-state index < -0.39 is 16.1 Å². The van der Waals surface area contributed by atoms with Crippen molar-refractivity contribution in [1.29, 1.82) is 0 Å². The average Bonchev–Trinajstić information content (AvgIpc) is 3.64. The van der Waals surface area contributed by atoms with E-state index in [1.807, 2.05) is 12.3 Å². The Kier molecular flexibility index (Phi) is 8.47. The van der Waals surface area contributed by atoms with E-state index in [-0.39, 0.29) is 15.9 Å². The van der Waals surface area contributed by atoms with E-state index in [9.17, 15) is 17.6 Å². The number of nitrogens with one attached hydrogen (secondary N) is 2. The standard InChI is InChI=1S/C27H33FN4O3S3/c1-18-30-23(17-36-18)25-9-10-26(37-25)38(34,35)31-22(15-19-5-3-2-4-6-19)27(33)29-12-14-32-13-11-20-16-21(28)7-8-24(20)32/h7-10,16-17,19,22,31H,2-6,11-15H2,1H3,(H,29,33)/t22-/m0/s1. The topological polar surface area (TPSA) is 91.4 Å². The van der Waals surface area contributed by atoms with Crippen molar-refractivity contribution >= 4 is 44.3 Å². The van der Waals surface area contributed by atoms with Crippen molar-refractivity contribution in [2.24, 2.45) is 5.92 Å². The Balaban J connectivity index is 1.25. The maximum Gasteiger partial charge on any atom is 0.250 e. The number of nitrogens with zero attached hydrogens (tertiary/aromatic N) is 2. The summed E-state index contributed by atoms with van der Waals surface area (Å²) in [6.45, 7) is 3.64. The molecule has 1 aromatic carbocycles. The third kappa shape index (κ3) is 6.44. The highest BCUT2D eigenvalue weighted by atomic mass is 32.2. The summed E-state index contributed by atoms with van der Waals surface area (Å²) in [4.78, 5) is 20.7. The minimum atomic E-state index is -3.88. The highest BCUT2D eigenvalue weighted by Gasteiger charge is 2.30. The predicted octanol–water partition coefficient (Wildman–Crippen LogP) is 5.12. The number of hydrogen-bond donors (Lipinski definition) is 2. The van der Waals surface area contributed by atoms with E-state index in [4.69, 9.17) is 0 Å². The number of halogens is 1. The molecule has 0 saturated heterocycles. The third-order valence-corrected chi connectivity index (χ3v) is 11.2. The van der Waals surface area contributed by atoms with Crippen LogP contribution in [-0.2, 0) is 21.2 Å². The lowest BCUT2D eigenvalue weighted by molar-refractivity contribution is -0.123. The van der Waals surface area contributed by atoms with Crippen LogP contribution in [0.15, 0.2) is 39.9 Å². The molecule has 2 aromatic heterocycles. The van der Waals surface area contributed by atoms with Gasteiger partial charge >= 0.3 is 0 Å². The lowest BCUT2D eigenvalue weighted by Gasteiger charge is -2.27. The number of aryl methyl sites for hydroxylation is 1. The zero-order valence-corrected chi connectivity index (χ0v) is 23.9. The number of benzene rings is 1. The van der Waals surface area contributed by atoms with Gasteiger partial charge in [-0.1, -0.05) is 32.1 Å². The SMILES string of the molecule is Cc1nc(-c2ccc(S(=O)(=O)N[C@@H](CC3CCCCC3)C(=O)NCCN3CCc4cc(F)ccc43)s2)cs1. The van der Waals surface area contributed by atoms with Crippen molar-refractivity contribution in [3.8, 4) is 10.6 Å². The molecule has 38 heavy (non-hydrogen) atoms. The van der Waals surface area contributed by atoms with Gasteiger partial charge < -0.3 is 10.2 Å². The molecule has 2 N–H and O–H groups in total. The van der Waals surface area contributed by atoms with Crippen LogP contribution >= 0.6 is 22.7 Å². The number of fused-ring (bicyclic) bond motifs is 1. The van der Waals surface area contributed by atoms with Gasteiger partial charge in [-0.15, -0.1) is 22.7 Å². The van der Waals surface area contributed by atoms with Gasteiger partial charge in [0.1, 0.15) is 16.1 Å². The Morgan fingerprint density at radius 1 is 1.21 bits per heavy atom. The number of amides is 1. The molecule has 0 radical (unpaired) electrons. The molecule has 2 aliphatic rings. The predicted molar refractivity (Wildman–Crippen MR) is 151 cm³/mol. The fourth-order valence-electron chi connectivity index (χ4n) is 5.40. The fraction of sp³-hybridized carbons (Fsp3) is 0.481. The fourth-order valence-corrected chi connectivity index (χ4v) is 8.58. The first-order valence-corrected chi connectivity index (χ1v) is 16.3. The van der Waals surface area contributed by atoms with Crippen LogP contribution in [0.1, 0.15) is 49.1 Å². The molecule has 1 aliphatic carbocycles. The molecular formula is C27H33FN4O3S3. The Morgan fingerprint density at radius 2 is 2.03 bits per heavy atom. The number of anilines is 1. The Bertz CT molecular complexity index is 1380. The number of carbonyl (C=O) groups excluding carboxylic acids is 1. The molecular weight excluding hydrogens is 544 g/mol. The molecule has 1 saturated carbocycles. The number of sulfonamides is 1. The van der Waals surface area contributed by atoms with Gasteiger partial charge in [-0.05, 0) is 61.6 Å². The van der Waals surface area contributed by atoms with Gasteiger partial charge in [0.15, 0.2) is 0 Å². The summed E-state index contributed by atoms with van der Waals surface area (Å²) in [7, 11) is -3.88. The quantitative estimate of drug-likeness (QED) is 0.350. The molecule has 0 unspecified atom stereocenters. The second-order valence-electron chi connectivity index (χ2n) is 10.1. The first kappa shape index (κ1) is 27.2. The number of rotatable bonds is 10. The molecule has 0 spiro atoms. The first-order valence-electron chi connectivity index (χ1n) is 13.1. The second-order valence-corrected chi connectivity index (χ2v) is 14.2. The van der Waals surface area contributed by atoms with Gasteiger partial charge in [-0.25, -0.2) is 17.8 Å². The van der Waals surface area contributed by atoms with Crippen LogP contribution in [0.2, 0.25) is 0 Å². The van der Waals surface area contributed by atoms with Crippen LogP contribution in [0.4, 0.5) is 10.1 Å². The molecule has 3 aromatic rings. The molecule has 1 aliphatic heterocycles. The second kappa shape index (κ2) is 11.8. The molecule has 1 amide bonds. The van der Waals surface area contributed by atoms with Crippen molar-refractivity contribution in [2.75, 3.05) is 24.5 Å². The van der Waals surface area contributed by atoms with Crippen LogP contribution in [0.25, 0.3) is 10.6 Å². The van der Waals surface area contributed by atoms with Crippen molar-refractivity contribution < 1.29 is 17.6 Å². The molecule has 0 bridgehead atoms. The highest BCUT2D eigenvalue weighted by Crippen LogP contribution is 2.33. The molecule has 204 valence electrons. The zero-order chi connectivity index (χ0) is 26.7. The summed E-state index contributed by atoms with van der Waals surface area (Å²) in [6.07, 6.45) is 6.70. The molecule has 11 heteroatoms. The number of aromatic nitrogens is 1. The van der Waals surface area contributed by atoms with Crippen LogP contribution < -0.4 is 14.9 Å². The normalized spacial score (nSPS) is 16.9. The Hall–Kier alpha value is -2.34. The van der Waals surface area contributed by atoms with Crippen LogP contribution in [0, 0.1) is 18.7 Å². The first-order chi connectivity index (χ1) is 18.3. The van der Waals surface area contributed by atoms with Gasteiger partial charge in [-0.3, -0.25) is 4.79 Å². The minimum absolute atomic E-state index is 0.181. The van der Waals surface area contributed by atoms with E-state index in [2.05, 4.69) is 19.9 Å². The van der Waals surface area contributed by atoms with Crippen LogP contribution in [0.3, 0.4) is 0 Å².